The molecule has 0 aliphatic heterocycles. The molecule has 1 N–H and O–H groups in total. The van der Waals surface area contributed by atoms with Crippen molar-refractivity contribution in [1.29, 1.82) is 0 Å². The molecule has 0 saturated heterocycles. The fraction of sp³-hybridized carbons (Fsp3) is 0.222. The average Bonchev–Trinajstić information content (AvgIpc) is 2.68. The largest absolute Gasteiger partial charge is 0.494 e. The van der Waals surface area contributed by atoms with Crippen molar-refractivity contribution in [3.05, 3.63) is 51.5 Å². The predicted molar refractivity (Wildman–Crippen MR) is 105 cm³/mol. The van der Waals surface area contributed by atoms with Crippen molar-refractivity contribution in [1.82, 2.24) is 0 Å². The fourth-order valence-corrected chi connectivity index (χ4v) is 2.53. The second-order valence-corrected chi connectivity index (χ2v) is 6.09. The van der Waals surface area contributed by atoms with Crippen LogP contribution in [0.2, 0.25) is 5.02 Å². The summed E-state index contributed by atoms with van der Waals surface area (Å²) in [6.07, 6.45) is 0. The van der Waals surface area contributed by atoms with Gasteiger partial charge in [-0.2, -0.15) is 5.11 Å². The third-order valence-electron chi connectivity index (χ3n) is 3.71. The normalized spacial score (nSPS) is 11.7. The number of benzene rings is 2. The smallest absolute Gasteiger partial charge is 0.296 e. The number of carbonyl (C=O) groups is 2. The van der Waals surface area contributed by atoms with E-state index in [-0.39, 0.29) is 28.6 Å². The van der Waals surface area contributed by atoms with E-state index in [1.54, 1.807) is 0 Å². The van der Waals surface area contributed by atoms with Gasteiger partial charge in [0, 0.05) is 23.2 Å². The molecule has 1 amide bonds. The van der Waals surface area contributed by atoms with E-state index in [0.29, 0.717) is 5.02 Å². The minimum Gasteiger partial charge on any atom is -0.494 e. The van der Waals surface area contributed by atoms with Crippen molar-refractivity contribution < 1.29 is 24.0 Å². The highest BCUT2D eigenvalue weighted by Crippen LogP contribution is 2.38. The molecule has 10 nitrogen and oxygen atoms in total. The standard InChI is InChI=1S/C18H17ClN4O6/c1-10(24)16(22-21-12-6-4-5-7-13(12)23(26)27)18(25)20-17-14(28-2)8-11(19)9-15(17)29-3/h4-9,16H,1-3H3,(H,20,25). The second-order valence-electron chi connectivity index (χ2n) is 5.65. The first kappa shape index (κ1) is 21.8. The number of nitro groups is 1. The summed E-state index contributed by atoms with van der Waals surface area (Å²) in [6, 6.07) is 6.94. The molecular formula is C18H17ClN4O6. The molecule has 2 aromatic rings. The van der Waals surface area contributed by atoms with Crippen LogP contribution in [0.4, 0.5) is 17.1 Å². The summed E-state index contributed by atoms with van der Waals surface area (Å²) in [5, 5.41) is 21.3. The van der Waals surface area contributed by atoms with Crippen molar-refractivity contribution in [3.8, 4) is 11.5 Å². The molecule has 29 heavy (non-hydrogen) atoms. The first-order valence-corrected chi connectivity index (χ1v) is 8.53. The number of ketones is 1. The summed E-state index contributed by atoms with van der Waals surface area (Å²) in [7, 11) is 2.74. The average molecular weight is 421 g/mol. The minimum atomic E-state index is -1.54. The van der Waals surface area contributed by atoms with Gasteiger partial charge in [0.2, 0.25) is 6.04 Å². The zero-order valence-corrected chi connectivity index (χ0v) is 16.5. The summed E-state index contributed by atoms with van der Waals surface area (Å²) >= 11 is 5.97. The number of rotatable bonds is 8. The maximum atomic E-state index is 12.7. The predicted octanol–water partition coefficient (Wildman–Crippen LogP) is 3.95. The highest BCUT2D eigenvalue weighted by Gasteiger charge is 2.26. The van der Waals surface area contributed by atoms with Crippen LogP contribution in [0.15, 0.2) is 46.6 Å². The molecule has 2 aromatic carbocycles. The van der Waals surface area contributed by atoms with Gasteiger partial charge >= 0.3 is 0 Å². The Bertz CT molecular complexity index is 954. The van der Waals surface area contributed by atoms with E-state index in [0.717, 1.165) is 6.92 Å². The number of azo groups is 1. The van der Waals surface area contributed by atoms with Gasteiger partial charge in [-0.1, -0.05) is 23.7 Å². The van der Waals surface area contributed by atoms with E-state index in [2.05, 4.69) is 15.5 Å². The van der Waals surface area contributed by atoms with Crippen LogP contribution in [0.3, 0.4) is 0 Å². The molecule has 0 fully saturated rings. The molecule has 0 saturated carbocycles. The van der Waals surface area contributed by atoms with Crippen LogP contribution in [-0.4, -0.2) is 36.9 Å². The Morgan fingerprint density at radius 1 is 1.17 bits per heavy atom. The number of ether oxygens (including phenoxy) is 2. The zero-order valence-electron chi connectivity index (χ0n) is 15.7. The summed E-state index contributed by atoms with van der Waals surface area (Å²) in [5.74, 6) is -1.02. The van der Waals surface area contributed by atoms with Gasteiger partial charge < -0.3 is 14.8 Å². The summed E-state index contributed by atoms with van der Waals surface area (Å²) < 4.78 is 10.4. The molecule has 152 valence electrons. The van der Waals surface area contributed by atoms with Crippen molar-refractivity contribution in [3.63, 3.8) is 0 Å². The Kier molecular flexibility index (Phi) is 7.21. The third kappa shape index (κ3) is 5.26. The van der Waals surface area contributed by atoms with Crippen LogP contribution in [0.5, 0.6) is 11.5 Å². The lowest BCUT2D eigenvalue weighted by atomic mass is 10.2. The van der Waals surface area contributed by atoms with Crippen LogP contribution in [-0.2, 0) is 9.59 Å². The molecule has 0 aromatic heterocycles. The van der Waals surface area contributed by atoms with Gasteiger partial charge in [0.1, 0.15) is 17.2 Å². The molecule has 0 radical (unpaired) electrons. The molecular weight excluding hydrogens is 404 g/mol. The molecule has 0 bridgehead atoms. The first-order chi connectivity index (χ1) is 13.8. The highest BCUT2D eigenvalue weighted by molar-refractivity contribution is 6.31. The molecule has 2 rings (SSSR count). The van der Waals surface area contributed by atoms with Gasteiger partial charge in [-0.25, -0.2) is 0 Å². The molecule has 0 spiro atoms. The van der Waals surface area contributed by atoms with Crippen molar-refractivity contribution >= 4 is 40.4 Å². The number of nitrogens with one attached hydrogen (secondary N) is 1. The van der Waals surface area contributed by atoms with Gasteiger partial charge in [-0.3, -0.25) is 19.7 Å². The van der Waals surface area contributed by atoms with Gasteiger partial charge in [-0.15, -0.1) is 5.11 Å². The van der Waals surface area contributed by atoms with Crippen LogP contribution < -0.4 is 14.8 Å². The summed E-state index contributed by atoms with van der Waals surface area (Å²) in [5.41, 5.74) is -0.241. The van der Waals surface area contributed by atoms with Gasteiger partial charge in [0.15, 0.2) is 11.5 Å². The number of amides is 1. The van der Waals surface area contributed by atoms with E-state index >= 15 is 0 Å². The molecule has 0 heterocycles. The van der Waals surface area contributed by atoms with Crippen molar-refractivity contribution in [2.45, 2.75) is 13.0 Å². The first-order valence-electron chi connectivity index (χ1n) is 8.15. The van der Waals surface area contributed by atoms with E-state index in [1.807, 2.05) is 0 Å². The number of anilines is 1. The van der Waals surface area contributed by atoms with E-state index in [9.17, 15) is 19.7 Å². The Labute approximate surface area is 170 Å². The topological polar surface area (TPSA) is 132 Å². The number of carbonyl (C=O) groups excluding carboxylic acids is 2. The number of methoxy groups -OCH3 is 2. The molecule has 0 aliphatic rings. The minimum absolute atomic E-state index is 0.0850. The number of nitro benzene ring substituents is 1. The third-order valence-corrected chi connectivity index (χ3v) is 3.93. The maximum absolute atomic E-state index is 12.7. The Morgan fingerprint density at radius 3 is 2.28 bits per heavy atom. The Morgan fingerprint density at radius 2 is 1.76 bits per heavy atom. The van der Waals surface area contributed by atoms with Crippen molar-refractivity contribution in [2.24, 2.45) is 10.2 Å². The lowest BCUT2D eigenvalue weighted by molar-refractivity contribution is -0.384. The van der Waals surface area contributed by atoms with E-state index in [4.69, 9.17) is 21.1 Å². The number of hydrogen-bond donors (Lipinski definition) is 1. The Hall–Kier alpha value is -3.53. The van der Waals surface area contributed by atoms with Gasteiger partial charge in [0.25, 0.3) is 11.6 Å². The summed E-state index contributed by atoms with van der Waals surface area (Å²) in [4.78, 5) is 35.0. The number of para-hydroxylation sites is 1. The van der Waals surface area contributed by atoms with E-state index < -0.39 is 22.7 Å². The lowest BCUT2D eigenvalue weighted by Crippen LogP contribution is -2.32. The quantitative estimate of drug-likeness (QED) is 0.297. The fourth-order valence-electron chi connectivity index (χ4n) is 2.34. The van der Waals surface area contributed by atoms with E-state index in [1.165, 1.54) is 50.6 Å². The molecule has 0 aliphatic carbocycles. The van der Waals surface area contributed by atoms with Gasteiger partial charge in [0.05, 0.1) is 19.1 Å². The van der Waals surface area contributed by atoms with Crippen molar-refractivity contribution in [2.75, 3.05) is 19.5 Å². The van der Waals surface area contributed by atoms with Crippen LogP contribution in [0, 0.1) is 10.1 Å². The molecule has 1 unspecified atom stereocenters. The second kappa shape index (κ2) is 9.60. The SMILES string of the molecule is COc1cc(Cl)cc(OC)c1NC(=O)C(N=Nc1ccccc1[N+](=O)[O-])C(C)=O. The molecule has 1 atom stereocenters. The zero-order chi connectivity index (χ0) is 21.6. The highest BCUT2D eigenvalue weighted by atomic mass is 35.5. The van der Waals surface area contributed by atoms with Crippen LogP contribution >= 0.6 is 11.6 Å². The number of Topliss-reactive ketones (excluding diaryl/α,β-unsaturated/α-hetero) is 1. The number of nitrogens with zero attached hydrogens (tertiary/aromatic N) is 3. The maximum Gasteiger partial charge on any atom is 0.296 e. The number of halogens is 1. The van der Waals surface area contributed by atoms with Gasteiger partial charge in [-0.05, 0) is 13.0 Å². The number of hydrogen-bond acceptors (Lipinski definition) is 8. The molecule has 11 heteroatoms. The Balaban J connectivity index is 2.35. The summed E-state index contributed by atoms with van der Waals surface area (Å²) in [6.45, 7) is 1.15. The van der Waals surface area contributed by atoms with Crippen LogP contribution in [0.25, 0.3) is 0 Å². The van der Waals surface area contributed by atoms with Crippen LogP contribution in [0.1, 0.15) is 6.92 Å². The lowest BCUT2D eigenvalue weighted by Gasteiger charge is -2.16. The monoisotopic (exact) mass is 420 g/mol.